The van der Waals surface area contributed by atoms with Gasteiger partial charge in [-0.25, -0.2) is 0 Å². The van der Waals surface area contributed by atoms with Crippen LogP contribution in [0.25, 0.3) is 0 Å². The van der Waals surface area contributed by atoms with E-state index in [1.165, 1.54) is 0 Å². The van der Waals surface area contributed by atoms with Crippen LogP contribution in [-0.2, 0) is 6.61 Å². The summed E-state index contributed by atoms with van der Waals surface area (Å²) in [5.41, 5.74) is 3.22. The van der Waals surface area contributed by atoms with Gasteiger partial charge in [0.15, 0.2) is 11.5 Å². The van der Waals surface area contributed by atoms with Gasteiger partial charge < -0.3 is 24.1 Å². The summed E-state index contributed by atoms with van der Waals surface area (Å²) in [6.07, 6.45) is 0. The van der Waals surface area contributed by atoms with E-state index in [2.05, 4.69) is 24.3 Å². The molecule has 2 aromatic carbocycles. The Labute approximate surface area is 187 Å². The first-order chi connectivity index (χ1) is 15.4. The molecule has 0 saturated carbocycles. The minimum absolute atomic E-state index is 0.165. The van der Waals surface area contributed by atoms with Crippen LogP contribution in [0, 0.1) is 19.8 Å². The summed E-state index contributed by atoms with van der Waals surface area (Å²) < 4.78 is 22.4. The van der Waals surface area contributed by atoms with Crippen LogP contribution in [0.2, 0.25) is 0 Å². The Balaban J connectivity index is 1.47. The van der Waals surface area contributed by atoms with E-state index in [0.717, 1.165) is 28.3 Å². The smallest absolute Gasteiger partial charge is 0.251 e. The molecule has 7 nitrogen and oxygen atoms in total. The highest BCUT2D eigenvalue weighted by Gasteiger charge is 2.22. The Morgan fingerprint density at radius 2 is 1.88 bits per heavy atom. The highest BCUT2D eigenvalue weighted by atomic mass is 16.6. The zero-order chi connectivity index (χ0) is 22.7. The number of carbonyl (C=O) groups excluding carboxylic acids is 1. The van der Waals surface area contributed by atoms with Crippen molar-refractivity contribution in [1.82, 2.24) is 10.5 Å². The van der Waals surface area contributed by atoms with E-state index in [4.69, 9.17) is 18.7 Å². The third-order valence-corrected chi connectivity index (χ3v) is 5.54. The maximum absolute atomic E-state index is 13.1. The van der Waals surface area contributed by atoms with Crippen molar-refractivity contribution in [2.45, 2.75) is 40.3 Å². The Morgan fingerprint density at radius 1 is 1.09 bits per heavy atom. The highest BCUT2D eigenvalue weighted by Crippen LogP contribution is 2.34. The predicted octanol–water partition coefficient (Wildman–Crippen LogP) is 4.77. The number of hydrogen-bond donors (Lipinski definition) is 1. The zero-order valence-electron chi connectivity index (χ0n) is 18.8. The van der Waals surface area contributed by atoms with E-state index in [1.54, 1.807) is 12.1 Å². The molecular formula is C25H28N2O5. The first kappa shape index (κ1) is 21.7. The molecule has 2 heterocycles. The summed E-state index contributed by atoms with van der Waals surface area (Å²) >= 11 is 0. The molecule has 1 N–H and O–H groups in total. The van der Waals surface area contributed by atoms with Crippen molar-refractivity contribution in [3.8, 4) is 17.2 Å². The standard InChI is InChI=1S/C25H28N2O5/c1-15(2)24(18-8-9-22-23(13-18)30-11-10-29-22)26-25(28)19-6-5-7-20(12-19)31-14-21-16(3)27-32-17(21)4/h5-9,12-13,15,24H,10-11,14H2,1-4H3,(H,26,28). The average Bonchev–Trinajstić information content (AvgIpc) is 3.12. The number of aryl methyl sites for hydroxylation is 2. The lowest BCUT2D eigenvalue weighted by atomic mass is 9.95. The number of rotatable bonds is 7. The average molecular weight is 437 g/mol. The van der Waals surface area contributed by atoms with Crippen molar-refractivity contribution in [2.24, 2.45) is 5.92 Å². The quantitative estimate of drug-likeness (QED) is 0.575. The van der Waals surface area contributed by atoms with Crippen LogP contribution in [0.5, 0.6) is 17.2 Å². The monoisotopic (exact) mass is 436 g/mol. The fraction of sp³-hybridized carbons (Fsp3) is 0.360. The molecule has 1 aromatic heterocycles. The summed E-state index contributed by atoms with van der Waals surface area (Å²) in [6, 6.07) is 12.8. The lowest BCUT2D eigenvalue weighted by molar-refractivity contribution is 0.0924. The zero-order valence-corrected chi connectivity index (χ0v) is 18.8. The molecule has 1 amide bonds. The topological polar surface area (TPSA) is 82.8 Å². The van der Waals surface area contributed by atoms with Gasteiger partial charge in [0, 0.05) is 5.56 Å². The molecule has 1 unspecified atom stereocenters. The number of nitrogens with zero attached hydrogens (tertiary/aromatic N) is 1. The van der Waals surface area contributed by atoms with Gasteiger partial charge in [-0.3, -0.25) is 4.79 Å². The number of aromatic nitrogens is 1. The molecule has 32 heavy (non-hydrogen) atoms. The molecule has 0 saturated heterocycles. The summed E-state index contributed by atoms with van der Waals surface area (Å²) in [6.45, 7) is 9.28. The number of amides is 1. The van der Waals surface area contributed by atoms with Crippen LogP contribution in [0.4, 0.5) is 0 Å². The van der Waals surface area contributed by atoms with Crippen LogP contribution < -0.4 is 19.5 Å². The molecule has 3 aromatic rings. The van der Waals surface area contributed by atoms with Crippen LogP contribution in [0.15, 0.2) is 47.0 Å². The molecule has 4 rings (SSSR count). The highest BCUT2D eigenvalue weighted by molar-refractivity contribution is 5.94. The number of hydrogen-bond acceptors (Lipinski definition) is 6. The summed E-state index contributed by atoms with van der Waals surface area (Å²) in [4.78, 5) is 13.1. The molecule has 1 aliphatic rings. The van der Waals surface area contributed by atoms with E-state index in [0.29, 0.717) is 36.9 Å². The fourth-order valence-corrected chi connectivity index (χ4v) is 3.70. The second-order valence-electron chi connectivity index (χ2n) is 8.22. The Bertz CT molecular complexity index is 1090. The molecule has 0 spiro atoms. The van der Waals surface area contributed by atoms with Gasteiger partial charge in [-0.05, 0) is 55.7 Å². The molecule has 168 valence electrons. The van der Waals surface area contributed by atoms with Gasteiger partial charge in [-0.15, -0.1) is 0 Å². The molecule has 0 radical (unpaired) electrons. The van der Waals surface area contributed by atoms with E-state index < -0.39 is 0 Å². The minimum atomic E-state index is -0.176. The van der Waals surface area contributed by atoms with Gasteiger partial charge in [-0.1, -0.05) is 31.1 Å². The molecule has 1 atom stereocenters. The summed E-state index contributed by atoms with van der Waals surface area (Å²) in [7, 11) is 0. The lowest BCUT2D eigenvalue weighted by Crippen LogP contribution is -2.32. The molecular weight excluding hydrogens is 408 g/mol. The number of carbonyl (C=O) groups is 1. The number of fused-ring (bicyclic) bond motifs is 1. The SMILES string of the molecule is Cc1noc(C)c1COc1cccc(C(=O)NC(c2ccc3c(c2)OCCO3)C(C)C)c1. The minimum Gasteiger partial charge on any atom is -0.489 e. The number of nitrogens with one attached hydrogen (secondary N) is 1. The van der Waals surface area contributed by atoms with Crippen molar-refractivity contribution in [3.05, 3.63) is 70.6 Å². The van der Waals surface area contributed by atoms with E-state index in [9.17, 15) is 4.79 Å². The largest absolute Gasteiger partial charge is 0.489 e. The normalized spacial score (nSPS) is 13.7. The second kappa shape index (κ2) is 9.34. The molecule has 0 fully saturated rings. The van der Waals surface area contributed by atoms with Crippen LogP contribution >= 0.6 is 0 Å². The van der Waals surface area contributed by atoms with Gasteiger partial charge in [0.05, 0.1) is 17.3 Å². The Hall–Kier alpha value is -3.48. The van der Waals surface area contributed by atoms with E-state index in [1.807, 2.05) is 44.2 Å². The third-order valence-electron chi connectivity index (χ3n) is 5.54. The summed E-state index contributed by atoms with van der Waals surface area (Å²) in [5.74, 6) is 2.80. The third kappa shape index (κ3) is 4.72. The Morgan fingerprint density at radius 3 is 2.59 bits per heavy atom. The molecule has 0 bridgehead atoms. The van der Waals surface area contributed by atoms with Crippen LogP contribution in [0.3, 0.4) is 0 Å². The maximum atomic E-state index is 13.1. The van der Waals surface area contributed by atoms with E-state index in [-0.39, 0.29) is 17.9 Å². The number of benzene rings is 2. The fourth-order valence-electron chi connectivity index (χ4n) is 3.70. The van der Waals surface area contributed by atoms with Crippen LogP contribution in [0.1, 0.15) is 52.8 Å². The molecule has 7 heteroatoms. The van der Waals surface area contributed by atoms with Crippen molar-refractivity contribution in [2.75, 3.05) is 13.2 Å². The van der Waals surface area contributed by atoms with Crippen molar-refractivity contribution in [3.63, 3.8) is 0 Å². The maximum Gasteiger partial charge on any atom is 0.251 e. The first-order valence-corrected chi connectivity index (χ1v) is 10.8. The Kier molecular flexibility index (Phi) is 6.35. The van der Waals surface area contributed by atoms with Gasteiger partial charge in [0.1, 0.15) is 31.3 Å². The lowest BCUT2D eigenvalue weighted by Gasteiger charge is -2.25. The predicted molar refractivity (Wildman–Crippen MR) is 119 cm³/mol. The van der Waals surface area contributed by atoms with E-state index >= 15 is 0 Å². The van der Waals surface area contributed by atoms with Crippen molar-refractivity contribution >= 4 is 5.91 Å². The van der Waals surface area contributed by atoms with Gasteiger partial charge in [0.25, 0.3) is 5.91 Å². The van der Waals surface area contributed by atoms with Crippen LogP contribution in [-0.4, -0.2) is 24.3 Å². The molecule has 0 aliphatic carbocycles. The molecule has 1 aliphatic heterocycles. The van der Waals surface area contributed by atoms with Crippen molar-refractivity contribution < 1.29 is 23.5 Å². The summed E-state index contributed by atoms with van der Waals surface area (Å²) in [5, 5.41) is 7.10. The van der Waals surface area contributed by atoms with Gasteiger partial charge in [0.2, 0.25) is 0 Å². The van der Waals surface area contributed by atoms with Gasteiger partial charge in [-0.2, -0.15) is 0 Å². The van der Waals surface area contributed by atoms with Gasteiger partial charge >= 0.3 is 0 Å². The first-order valence-electron chi connectivity index (χ1n) is 10.8. The van der Waals surface area contributed by atoms with Crippen molar-refractivity contribution in [1.29, 1.82) is 0 Å². The number of ether oxygens (including phenoxy) is 3. The second-order valence-corrected chi connectivity index (χ2v) is 8.22.